The molecule has 1 aromatic rings. The maximum absolute atomic E-state index is 11.9. The van der Waals surface area contributed by atoms with E-state index in [-0.39, 0.29) is 18.3 Å². The summed E-state index contributed by atoms with van der Waals surface area (Å²) in [6.45, 7) is 3.03. The number of halogens is 1. The van der Waals surface area contributed by atoms with Gasteiger partial charge in [-0.3, -0.25) is 4.79 Å². The number of rotatable bonds is 4. The summed E-state index contributed by atoms with van der Waals surface area (Å²) < 4.78 is 0. The summed E-state index contributed by atoms with van der Waals surface area (Å²) in [5, 5.41) is 7.39. The summed E-state index contributed by atoms with van der Waals surface area (Å²) >= 11 is 1.65. The average molecular weight is 275 g/mol. The van der Waals surface area contributed by atoms with Gasteiger partial charge in [0.05, 0.1) is 6.42 Å². The molecule has 1 aromatic heterocycles. The van der Waals surface area contributed by atoms with Crippen LogP contribution in [0.25, 0.3) is 0 Å². The van der Waals surface area contributed by atoms with Crippen molar-refractivity contribution >= 4 is 29.7 Å². The van der Waals surface area contributed by atoms with E-state index in [1.165, 1.54) is 6.42 Å². The van der Waals surface area contributed by atoms with E-state index < -0.39 is 0 Å². The summed E-state index contributed by atoms with van der Waals surface area (Å²) in [5.41, 5.74) is 1.13. The van der Waals surface area contributed by atoms with E-state index in [0.717, 1.165) is 25.2 Å². The Bertz CT molecular complexity index is 336. The van der Waals surface area contributed by atoms with E-state index in [1.54, 1.807) is 11.3 Å². The Morgan fingerprint density at radius 3 is 3.06 bits per heavy atom. The van der Waals surface area contributed by atoms with Crippen LogP contribution in [0.5, 0.6) is 0 Å². The second kappa shape index (κ2) is 6.99. The highest BCUT2D eigenvalue weighted by atomic mass is 35.5. The highest BCUT2D eigenvalue weighted by molar-refractivity contribution is 7.07. The number of carbonyl (C=O) groups excluding carboxylic acids is 1. The molecule has 1 aliphatic heterocycles. The number of hydrogen-bond acceptors (Lipinski definition) is 3. The van der Waals surface area contributed by atoms with E-state index in [1.807, 2.05) is 28.8 Å². The van der Waals surface area contributed by atoms with E-state index in [2.05, 4.69) is 5.32 Å². The zero-order chi connectivity index (χ0) is 11.4. The zero-order valence-electron chi connectivity index (χ0n) is 10.0. The molecule has 0 saturated carbocycles. The fourth-order valence-corrected chi connectivity index (χ4v) is 2.73. The molecule has 1 atom stereocenters. The number of nitrogens with one attached hydrogen (secondary N) is 1. The molecule has 1 fully saturated rings. The van der Waals surface area contributed by atoms with E-state index in [0.29, 0.717) is 12.3 Å². The lowest BCUT2D eigenvalue weighted by Crippen LogP contribution is -2.33. The van der Waals surface area contributed by atoms with Crippen LogP contribution in [0.1, 0.15) is 12.0 Å². The first-order valence-electron chi connectivity index (χ1n) is 5.71. The molecule has 5 heteroatoms. The summed E-state index contributed by atoms with van der Waals surface area (Å²) in [5.74, 6) is 0.863. The molecule has 0 aliphatic carbocycles. The second-order valence-corrected chi connectivity index (χ2v) is 5.22. The summed E-state index contributed by atoms with van der Waals surface area (Å²) in [4.78, 5) is 13.8. The van der Waals surface area contributed by atoms with E-state index >= 15 is 0 Å². The first-order chi connectivity index (χ1) is 7.75. The van der Waals surface area contributed by atoms with Gasteiger partial charge in [-0.2, -0.15) is 11.3 Å². The summed E-state index contributed by atoms with van der Waals surface area (Å²) in [6, 6.07) is 2.02. The van der Waals surface area contributed by atoms with Gasteiger partial charge in [-0.25, -0.2) is 0 Å². The predicted molar refractivity (Wildman–Crippen MR) is 73.9 cm³/mol. The molecule has 0 spiro atoms. The van der Waals surface area contributed by atoms with Crippen molar-refractivity contribution in [3.8, 4) is 0 Å². The van der Waals surface area contributed by atoms with Crippen molar-refractivity contribution in [1.29, 1.82) is 0 Å². The van der Waals surface area contributed by atoms with Crippen molar-refractivity contribution in [3.05, 3.63) is 22.4 Å². The quantitative estimate of drug-likeness (QED) is 0.908. The van der Waals surface area contributed by atoms with Crippen molar-refractivity contribution in [2.75, 3.05) is 26.7 Å². The van der Waals surface area contributed by atoms with Gasteiger partial charge in [0.15, 0.2) is 0 Å². The van der Waals surface area contributed by atoms with Crippen LogP contribution in [0.15, 0.2) is 16.8 Å². The molecular weight excluding hydrogens is 256 g/mol. The van der Waals surface area contributed by atoms with Gasteiger partial charge >= 0.3 is 0 Å². The normalized spacial score (nSPS) is 18.8. The maximum Gasteiger partial charge on any atom is 0.226 e. The Morgan fingerprint density at radius 2 is 2.47 bits per heavy atom. The Balaban J connectivity index is 0.00000144. The van der Waals surface area contributed by atoms with Gasteiger partial charge < -0.3 is 10.2 Å². The second-order valence-electron chi connectivity index (χ2n) is 4.44. The van der Waals surface area contributed by atoms with Crippen LogP contribution >= 0.6 is 23.7 Å². The van der Waals surface area contributed by atoms with Crippen LogP contribution < -0.4 is 5.32 Å². The number of nitrogens with zero attached hydrogens (tertiary/aromatic N) is 1. The van der Waals surface area contributed by atoms with Crippen molar-refractivity contribution < 1.29 is 4.79 Å². The minimum atomic E-state index is 0. The SMILES string of the molecule is CN(CC1CCNC1)C(=O)Cc1ccsc1.Cl. The minimum absolute atomic E-state index is 0. The van der Waals surface area contributed by atoms with Crippen LogP contribution in [0.2, 0.25) is 0 Å². The average Bonchev–Trinajstić information content (AvgIpc) is 2.90. The van der Waals surface area contributed by atoms with E-state index in [9.17, 15) is 4.79 Å². The molecule has 0 bridgehead atoms. The Morgan fingerprint density at radius 1 is 1.65 bits per heavy atom. The van der Waals surface area contributed by atoms with Crippen molar-refractivity contribution in [1.82, 2.24) is 10.2 Å². The van der Waals surface area contributed by atoms with Crippen LogP contribution in [0.3, 0.4) is 0 Å². The Kier molecular flexibility index (Phi) is 5.95. The van der Waals surface area contributed by atoms with Gasteiger partial charge in [0, 0.05) is 13.6 Å². The third-order valence-electron chi connectivity index (χ3n) is 3.06. The largest absolute Gasteiger partial charge is 0.345 e. The molecule has 17 heavy (non-hydrogen) atoms. The van der Waals surface area contributed by atoms with Crippen molar-refractivity contribution in [3.63, 3.8) is 0 Å². The lowest BCUT2D eigenvalue weighted by molar-refractivity contribution is -0.129. The van der Waals surface area contributed by atoms with E-state index in [4.69, 9.17) is 0 Å². The zero-order valence-corrected chi connectivity index (χ0v) is 11.6. The number of amides is 1. The number of likely N-dealkylation sites (N-methyl/N-ethyl adjacent to an activating group) is 1. The van der Waals surface area contributed by atoms with Gasteiger partial charge in [-0.15, -0.1) is 12.4 Å². The molecule has 1 unspecified atom stereocenters. The fraction of sp³-hybridized carbons (Fsp3) is 0.583. The Labute approximate surface area is 113 Å². The molecule has 1 amide bonds. The molecule has 2 rings (SSSR count). The highest BCUT2D eigenvalue weighted by Gasteiger charge is 2.19. The first kappa shape index (κ1) is 14.5. The van der Waals surface area contributed by atoms with Crippen LogP contribution in [-0.2, 0) is 11.2 Å². The molecule has 2 heterocycles. The fourth-order valence-electron chi connectivity index (χ4n) is 2.06. The number of thiophene rings is 1. The summed E-state index contributed by atoms with van der Waals surface area (Å²) in [7, 11) is 1.91. The van der Waals surface area contributed by atoms with Crippen molar-refractivity contribution in [2.45, 2.75) is 12.8 Å². The standard InChI is InChI=1S/C12H18N2OS.ClH/c1-14(8-11-2-4-13-7-11)12(15)6-10-3-5-16-9-10;/h3,5,9,11,13H,2,4,6-8H2,1H3;1H. The van der Waals surface area contributed by atoms with Gasteiger partial charge in [-0.1, -0.05) is 0 Å². The molecule has 0 aromatic carbocycles. The van der Waals surface area contributed by atoms with Gasteiger partial charge in [0.2, 0.25) is 5.91 Å². The van der Waals surface area contributed by atoms with Crippen LogP contribution in [0.4, 0.5) is 0 Å². The molecule has 0 radical (unpaired) electrons. The third-order valence-corrected chi connectivity index (χ3v) is 3.79. The molecule has 1 saturated heterocycles. The topological polar surface area (TPSA) is 32.3 Å². The smallest absolute Gasteiger partial charge is 0.226 e. The molecule has 1 N–H and O–H groups in total. The monoisotopic (exact) mass is 274 g/mol. The number of carbonyl (C=O) groups is 1. The molecule has 3 nitrogen and oxygen atoms in total. The lowest BCUT2D eigenvalue weighted by Gasteiger charge is -2.20. The maximum atomic E-state index is 11.9. The van der Waals surface area contributed by atoms with Crippen LogP contribution in [0, 0.1) is 5.92 Å². The van der Waals surface area contributed by atoms with Gasteiger partial charge in [0.1, 0.15) is 0 Å². The minimum Gasteiger partial charge on any atom is -0.345 e. The molecular formula is C12H19ClN2OS. The first-order valence-corrected chi connectivity index (χ1v) is 6.66. The highest BCUT2D eigenvalue weighted by Crippen LogP contribution is 2.11. The Hall–Kier alpha value is -0.580. The van der Waals surface area contributed by atoms with Gasteiger partial charge in [-0.05, 0) is 47.8 Å². The van der Waals surface area contributed by atoms with Crippen LogP contribution in [-0.4, -0.2) is 37.5 Å². The summed E-state index contributed by atoms with van der Waals surface area (Å²) in [6.07, 6.45) is 1.73. The van der Waals surface area contributed by atoms with Gasteiger partial charge in [0.25, 0.3) is 0 Å². The third kappa shape index (κ3) is 4.30. The lowest BCUT2D eigenvalue weighted by atomic mass is 10.1. The molecule has 96 valence electrons. The predicted octanol–water partition coefficient (Wildman–Crippen LogP) is 1.78. The molecule has 1 aliphatic rings. The van der Waals surface area contributed by atoms with Crippen molar-refractivity contribution in [2.24, 2.45) is 5.92 Å². The number of hydrogen-bond donors (Lipinski definition) is 1.